The van der Waals surface area contributed by atoms with Crippen LogP contribution in [0.5, 0.6) is 0 Å². The van der Waals surface area contributed by atoms with Crippen LogP contribution in [0, 0.1) is 10.1 Å². The lowest BCUT2D eigenvalue weighted by molar-refractivity contribution is -0.384. The maximum absolute atomic E-state index is 11.7. The molecule has 0 fully saturated rings. The topological polar surface area (TPSA) is 115 Å². The molecule has 0 bridgehead atoms. The molecule has 0 aliphatic heterocycles. The number of nitrogens with one attached hydrogen (secondary N) is 1. The van der Waals surface area contributed by atoms with E-state index in [4.69, 9.17) is 5.73 Å². The lowest BCUT2D eigenvalue weighted by Crippen LogP contribution is -2.29. The molecule has 0 saturated heterocycles. The number of nitro groups is 1. The van der Waals surface area contributed by atoms with Crippen molar-refractivity contribution in [1.29, 1.82) is 0 Å². The average molecular weight is 324 g/mol. The molecule has 0 aliphatic rings. The predicted molar refractivity (Wildman–Crippen MR) is 79.2 cm³/mol. The van der Waals surface area contributed by atoms with E-state index in [9.17, 15) is 18.5 Å². The van der Waals surface area contributed by atoms with E-state index in [1.165, 1.54) is 24.3 Å². The van der Waals surface area contributed by atoms with Crippen LogP contribution >= 0.6 is 12.4 Å². The minimum atomic E-state index is -3.44. The molecule has 1 aromatic carbocycles. The number of halogens is 1. The molecule has 0 spiro atoms. The van der Waals surface area contributed by atoms with Crippen molar-refractivity contribution in [2.24, 2.45) is 5.73 Å². The summed E-state index contributed by atoms with van der Waals surface area (Å²) in [6.45, 7) is 2.08. The largest absolute Gasteiger partial charge is 0.328 e. The van der Waals surface area contributed by atoms with E-state index in [0.717, 1.165) is 0 Å². The van der Waals surface area contributed by atoms with E-state index in [0.29, 0.717) is 12.0 Å². The van der Waals surface area contributed by atoms with E-state index in [2.05, 4.69) is 4.72 Å². The van der Waals surface area contributed by atoms with Gasteiger partial charge in [0.15, 0.2) is 0 Å². The van der Waals surface area contributed by atoms with E-state index in [1.807, 2.05) is 0 Å². The highest BCUT2D eigenvalue weighted by atomic mass is 35.5. The molecule has 1 rings (SSSR count). The summed E-state index contributed by atoms with van der Waals surface area (Å²) >= 11 is 0. The SMILES string of the molecule is CC(N)CCNS(=O)(=O)Cc1ccc([N+](=O)[O-])cc1.Cl. The van der Waals surface area contributed by atoms with Crippen molar-refractivity contribution in [3.8, 4) is 0 Å². The lowest BCUT2D eigenvalue weighted by atomic mass is 10.2. The molecule has 114 valence electrons. The van der Waals surface area contributed by atoms with Gasteiger partial charge in [-0.05, 0) is 18.9 Å². The second-order valence-corrected chi connectivity index (χ2v) is 6.15. The third-order valence-corrected chi connectivity index (χ3v) is 3.78. The van der Waals surface area contributed by atoms with Gasteiger partial charge in [-0.15, -0.1) is 12.4 Å². The number of rotatable bonds is 7. The Labute approximate surface area is 124 Å². The molecule has 0 radical (unpaired) electrons. The number of nitro benzene ring substituents is 1. The Morgan fingerprint density at radius 3 is 2.35 bits per heavy atom. The summed E-state index contributed by atoms with van der Waals surface area (Å²) in [7, 11) is -3.44. The molecule has 1 atom stereocenters. The Hall–Kier alpha value is -1.22. The summed E-state index contributed by atoms with van der Waals surface area (Å²) in [6, 6.07) is 5.37. The molecule has 0 amide bonds. The van der Waals surface area contributed by atoms with Crippen molar-refractivity contribution >= 4 is 28.1 Å². The van der Waals surface area contributed by atoms with Gasteiger partial charge in [0.1, 0.15) is 0 Å². The number of nitrogens with zero attached hydrogens (tertiary/aromatic N) is 1. The third kappa shape index (κ3) is 6.80. The predicted octanol–water partition coefficient (Wildman–Crippen LogP) is 1.17. The highest BCUT2D eigenvalue weighted by Crippen LogP contribution is 2.13. The van der Waals surface area contributed by atoms with E-state index < -0.39 is 14.9 Å². The van der Waals surface area contributed by atoms with Crippen LogP contribution < -0.4 is 10.5 Å². The summed E-state index contributed by atoms with van der Waals surface area (Å²) < 4.78 is 25.9. The van der Waals surface area contributed by atoms with Gasteiger partial charge in [0.2, 0.25) is 10.0 Å². The number of sulfonamides is 1. The second-order valence-electron chi connectivity index (χ2n) is 4.34. The van der Waals surface area contributed by atoms with Crippen LogP contribution in [0.1, 0.15) is 18.9 Å². The molecule has 3 N–H and O–H groups in total. The number of benzene rings is 1. The van der Waals surface area contributed by atoms with Gasteiger partial charge in [0.25, 0.3) is 5.69 Å². The zero-order chi connectivity index (χ0) is 14.5. The Balaban J connectivity index is 0.00000361. The minimum absolute atomic E-state index is 0. The number of hydrogen-bond acceptors (Lipinski definition) is 5. The fourth-order valence-electron chi connectivity index (χ4n) is 1.43. The molecular weight excluding hydrogens is 306 g/mol. The van der Waals surface area contributed by atoms with Gasteiger partial charge in [0, 0.05) is 24.7 Å². The van der Waals surface area contributed by atoms with E-state index in [-0.39, 0.29) is 36.4 Å². The summed E-state index contributed by atoms with van der Waals surface area (Å²) in [6.07, 6.45) is 0.555. The maximum atomic E-state index is 11.7. The maximum Gasteiger partial charge on any atom is 0.269 e. The fraction of sp³-hybridized carbons (Fsp3) is 0.455. The molecule has 1 unspecified atom stereocenters. The quantitative estimate of drug-likeness (QED) is 0.577. The zero-order valence-corrected chi connectivity index (χ0v) is 12.6. The van der Waals surface area contributed by atoms with Gasteiger partial charge in [0.05, 0.1) is 10.7 Å². The van der Waals surface area contributed by atoms with E-state index >= 15 is 0 Å². The van der Waals surface area contributed by atoms with Gasteiger partial charge < -0.3 is 5.73 Å². The second kappa shape index (κ2) is 8.15. The Morgan fingerprint density at radius 2 is 1.90 bits per heavy atom. The van der Waals surface area contributed by atoms with Crippen LogP contribution in [0.25, 0.3) is 0 Å². The Morgan fingerprint density at radius 1 is 1.35 bits per heavy atom. The monoisotopic (exact) mass is 323 g/mol. The van der Waals surface area contributed by atoms with Gasteiger partial charge in [-0.25, -0.2) is 13.1 Å². The third-order valence-electron chi connectivity index (χ3n) is 2.43. The molecule has 9 heteroatoms. The Bertz CT molecular complexity index is 531. The zero-order valence-electron chi connectivity index (χ0n) is 11.0. The first-order valence-electron chi connectivity index (χ1n) is 5.76. The normalized spacial score (nSPS) is 12.5. The van der Waals surface area contributed by atoms with Crippen molar-refractivity contribution in [1.82, 2.24) is 4.72 Å². The highest BCUT2D eigenvalue weighted by Gasteiger charge is 2.12. The highest BCUT2D eigenvalue weighted by molar-refractivity contribution is 7.88. The van der Waals surface area contributed by atoms with Crippen molar-refractivity contribution in [3.05, 3.63) is 39.9 Å². The average Bonchev–Trinajstić information content (AvgIpc) is 2.28. The summed E-state index contributed by atoms with van der Waals surface area (Å²) in [5, 5.41) is 10.5. The van der Waals surface area contributed by atoms with Crippen molar-refractivity contribution in [2.45, 2.75) is 25.1 Å². The molecule has 0 heterocycles. The molecular formula is C11H18ClN3O4S. The fourth-order valence-corrected chi connectivity index (χ4v) is 2.59. The van der Waals surface area contributed by atoms with Gasteiger partial charge in [-0.3, -0.25) is 10.1 Å². The lowest BCUT2D eigenvalue weighted by Gasteiger charge is -2.08. The first kappa shape index (κ1) is 18.8. The smallest absolute Gasteiger partial charge is 0.269 e. The van der Waals surface area contributed by atoms with Gasteiger partial charge in [-0.1, -0.05) is 12.1 Å². The van der Waals surface area contributed by atoms with Crippen LogP contribution in [-0.4, -0.2) is 25.9 Å². The molecule has 0 aromatic heterocycles. The summed E-state index contributed by atoms with van der Waals surface area (Å²) in [5.41, 5.74) is 5.96. The van der Waals surface area contributed by atoms with Crippen molar-refractivity contribution < 1.29 is 13.3 Å². The van der Waals surface area contributed by atoms with Crippen LogP contribution in [0.2, 0.25) is 0 Å². The number of nitrogens with two attached hydrogens (primary N) is 1. The molecule has 0 saturated carbocycles. The summed E-state index contributed by atoms with van der Waals surface area (Å²) in [4.78, 5) is 9.94. The molecule has 7 nitrogen and oxygen atoms in total. The minimum Gasteiger partial charge on any atom is -0.328 e. The number of hydrogen-bond donors (Lipinski definition) is 2. The van der Waals surface area contributed by atoms with E-state index in [1.54, 1.807) is 6.92 Å². The Kier molecular flexibility index (Phi) is 7.66. The molecule has 1 aromatic rings. The van der Waals surface area contributed by atoms with Crippen molar-refractivity contribution in [3.63, 3.8) is 0 Å². The first-order valence-corrected chi connectivity index (χ1v) is 7.41. The van der Waals surface area contributed by atoms with Crippen LogP contribution in [0.3, 0.4) is 0 Å². The molecule has 0 aliphatic carbocycles. The first-order chi connectivity index (χ1) is 8.80. The summed E-state index contributed by atoms with van der Waals surface area (Å²) in [5.74, 6) is -0.204. The van der Waals surface area contributed by atoms with Crippen LogP contribution in [0.4, 0.5) is 5.69 Å². The number of non-ortho nitro benzene ring substituents is 1. The van der Waals surface area contributed by atoms with Gasteiger partial charge in [-0.2, -0.15) is 0 Å². The molecule has 20 heavy (non-hydrogen) atoms. The standard InChI is InChI=1S/C11H17N3O4S.ClH/c1-9(12)6-7-13-19(17,18)8-10-2-4-11(5-3-10)14(15)16;/h2-5,9,13H,6-8,12H2,1H3;1H. The van der Waals surface area contributed by atoms with Crippen molar-refractivity contribution in [2.75, 3.05) is 6.54 Å². The van der Waals surface area contributed by atoms with Gasteiger partial charge >= 0.3 is 0 Å². The van der Waals surface area contributed by atoms with Crippen LogP contribution in [-0.2, 0) is 15.8 Å². The van der Waals surface area contributed by atoms with Crippen LogP contribution in [0.15, 0.2) is 24.3 Å².